The molecule has 0 unspecified atom stereocenters. The molecule has 0 atom stereocenters. The number of para-hydroxylation sites is 1. The summed E-state index contributed by atoms with van der Waals surface area (Å²) >= 11 is 0. The Morgan fingerprint density at radius 2 is 1.44 bits per heavy atom. The first kappa shape index (κ1) is 16.7. The molecule has 4 heteroatoms. The molecular weight excluding hydrogens is 315 g/mol. The van der Waals surface area contributed by atoms with E-state index in [4.69, 9.17) is 0 Å². The number of rotatable bonds is 5. The van der Waals surface area contributed by atoms with Crippen LogP contribution in [0, 0.1) is 5.82 Å². The SMILES string of the molecule is O=C(NCc1ccccc1F)N(Cc1ccccc1)c1ccccc1. The molecule has 3 aromatic rings. The highest BCUT2D eigenvalue weighted by molar-refractivity contribution is 5.91. The second-order valence-corrected chi connectivity index (χ2v) is 5.66. The van der Waals surface area contributed by atoms with Crippen molar-refractivity contribution in [2.75, 3.05) is 4.90 Å². The molecule has 0 aliphatic heterocycles. The molecule has 126 valence electrons. The fraction of sp³-hybridized carbons (Fsp3) is 0.0952. The van der Waals surface area contributed by atoms with E-state index in [1.165, 1.54) is 6.07 Å². The standard InChI is InChI=1S/C21H19FN2O/c22-20-14-8-7-11-18(20)15-23-21(25)24(19-12-5-2-6-13-19)16-17-9-3-1-4-10-17/h1-14H,15-16H2,(H,23,25). The molecule has 0 fully saturated rings. The number of amides is 2. The van der Waals surface area contributed by atoms with Crippen molar-refractivity contribution in [3.05, 3.63) is 102 Å². The number of hydrogen-bond donors (Lipinski definition) is 1. The van der Waals surface area contributed by atoms with Crippen LogP contribution in [-0.4, -0.2) is 6.03 Å². The molecule has 0 saturated heterocycles. The van der Waals surface area contributed by atoms with Gasteiger partial charge in [0.15, 0.2) is 0 Å². The van der Waals surface area contributed by atoms with Crippen LogP contribution >= 0.6 is 0 Å². The summed E-state index contributed by atoms with van der Waals surface area (Å²) in [7, 11) is 0. The van der Waals surface area contributed by atoms with Crippen molar-refractivity contribution in [3.8, 4) is 0 Å². The van der Waals surface area contributed by atoms with Crippen LogP contribution in [0.4, 0.5) is 14.9 Å². The normalized spacial score (nSPS) is 10.3. The fourth-order valence-corrected chi connectivity index (χ4v) is 2.56. The molecule has 1 N–H and O–H groups in total. The third-order valence-corrected chi connectivity index (χ3v) is 3.88. The van der Waals surface area contributed by atoms with E-state index in [1.807, 2.05) is 60.7 Å². The number of benzene rings is 3. The molecule has 0 spiro atoms. The number of nitrogens with one attached hydrogen (secondary N) is 1. The van der Waals surface area contributed by atoms with E-state index in [2.05, 4.69) is 5.32 Å². The maximum Gasteiger partial charge on any atom is 0.322 e. The lowest BCUT2D eigenvalue weighted by atomic mass is 10.2. The number of carbonyl (C=O) groups is 1. The molecule has 3 nitrogen and oxygen atoms in total. The largest absolute Gasteiger partial charge is 0.333 e. The molecule has 0 bridgehead atoms. The summed E-state index contributed by atoms with van der Waals surface area (Å²) in [6.45, 7) is 0.581. The summed E-state index contributed by atoms with van der Waals surface area (Å²) in [5, 5.41) is 2.81. The number of carbonyl (C=O) groups excluding carboxylic acids is 1. The Kier molecular flexibility index (Phi) is 5.42. The summed E-state index contributed by atoms with van der Waals surface area (Å²) in [6, 6.07) is 25.4. The molecule has 2 amide bonds. The van der Waals surface area contributed by atoms with E-state index in [9.17, 15) is 9.18 Å². The van der Waals surface area contributed by atoms with Crippen LogP contribution in [-0.2, 0) is 13.1 Å². The van der Waals surface area contributed by atoms with Gasteiger partial charge in [-0.25, -0.2) is 9.18 Å². The molecule has 0 aliphatic carbocycles. The molecule has 0 aliphatic rings. The van der Waals surface area contributed by atoms with Crippen molar-refractivity contribution in [1.82, 2.24) is 5.32 Å². The average Bonchev–Trinajstić information content (AvgIpc) is 2.67. The monoisotopic (exact) mass is 334 g/mol. The molecule has 0 saturated carbocycles. The van der Waals surface area contributed by atoms with Gasteiger partial charge in [-0.3, -0.25) is 4.90 Å². The summed E-state index contributed by atoms with van der Waals surface area (Å²) in [5.74, 6) is -0.322. The summed E-state index contributed by atoms with van der Waals surface area (Å²) in [4.78, 5) is 14.4. The van der Waals surface area contributed by atoms with Gasteiger partial charge in [0.25, 0.3) is 0 Å². The Bertz CT molecular complexity index is 822. The first-order chi connectivity index (χ1) is 12.2. The first-order valence-electron chi connectivity index (χ1n) is 8.12. The molecule has 3 rings (SSSR count). The van der Waals surface area contributed by atoms with E-state index in [0.717, 1.165) is 11.3 Å². The topological polar surface area (TPSA) is 32.3 Å². The molecule has 0 aromatic heterocycles. The lowest BCUT2D eigenvalue weighted by Crippen LogP contribution is -2.39. The average molecular weight is 334 g/mol. The zero-order valence-electron chi connectivity index (χ0n) is 13.7. The van der Waals surface area contributed by atoms with Gasteiger partial charge in [0, 0.05) is 17.8 Å². The number of urea groups is 1. The Balaban J connectivity index is 1.76. The van der Waals surface area contributed by atoms with Crippen molar-refractivity contribution < 1.29 is 9.18 Å². The van der Waals surface area contributed by atoms with Gasteiger partial charge in [-0.15, -0.1) is 0 Å². The number of nitrogens with zero attached hydrogens (tertiary/aromatic N) is 1. The molecule has 0 radical (unpaired) electrons. The Hall–Kier alpha value is -3.14. The third-order valence-electron chi connectivity index (χ3n) is 3.88. The minimum absolute atomic E-state index is 0.142. The molecule has 3 aromatic carbocycles. The number of halogens is 1. The van der Waals surface area contributed by atoms with Crippen LogP contribution in [0.15, 0.2) is 84.9 Å². The zero-order valence-corrected chi connectivity index (χ0v) is 13.7. The lowest BCUT2D eigenvalue weighted by Gasteiger charge is -2.23. The van der Waals surface area contributed by atoms with Gasteiger partial charge < -0.3 is 5.32 Å². The van der Waals surface area contributed by atoms with Gasteiger partial charge in [-0.2, -0.15) is 0 Å². The Labute approximate surface area is 146 Å². The van der Waals surface area contributed by atoms with Crippen molar-refractivity contribution in [2.45, 2.75) is 13.1 Å². The third kappa shape index (κ3) is 4.44. The zero-order chi connectivity index (χ0) is 17.5. The van der Waals surface area contributed by atoms with Gasteiger partial charge >= 0.3 is 6.03 Å². The second-order valence-electron chi connectivity index (χ2n) is 5.66. The van der Waals surface area contributed by atoms with Gasteiger partial charge in [0.05, 0.1) is 6.54 Å². The van der Waals surface area contributed by atoms with E-state index < -0.39 is 0 Å². The maximum atomic E-state index is 13.7. The Morgan fingerprint density at radius 1 is 0.840 bits per heavy atom. The molecular formula is C21H19FN2O. The number of anilines is 1. The minimum atomic E-state index is -0.322. The van der Waals surface area contributed by atoms with Crippen LogP contribution in [0.5, 0.6) is 0 Å². The lowest BCUT2D eigenvalue weighted by molar-refractivity contribution is 0.245. The van der Waals surface area contributed by atoms with Crippen molar-refractivity contribution in [2.24, 2.45) is 0 Å². The smallest absolute Gasteiger partial charge is 0.322 e. The molecule has 25 heavy (non-hydrogen) atoms. The van der Waals surface area contributed by atoms with Crippen LogP contribution in [0.25, 0.3) is 0 Å². The molecule has 0 heterocycles. The minimum Gasteiger partial charge on any atom is -0.333 e. The maximum absolute atomic E-state index is 13.7. The van der Waals surface area contributed by atoms with Crippen LogP contribution in [0.1, 0.15) is 11.1 Å². The quantitative estimate of drug-likeness (QED) is 0.718. The summed E-state index contributed by atoms with van der Waals surface area (Å²) in [5.41, 5.74) is 2.27. The van der Waals surface area contributed by atoms with Crippen LogP contribution in [0.3, 0.4) is 0 Å². The van der Waals surface area contributed by atoms with E-state index >= 15 is 0 Å². The highest BCUT2D eigenvalue weighted by Gasteiger charge is 2.16. The van der Waals surface area contributed by atoms with Gasteiger partial charge in [0.2, 0.25) is 0 Å². The summed E-state index contributed by atoms with van der Waals surface area (Å²) < 4.78 is 13.7. The van der Waals surface area contributed by atoms with Crippen molar-refractivity contribution in [1.29, 1.82) is 0 Å². The van der Waals surface area contributed by atoms with Crippen LogP contribution < -0.4 is 10.2 Å². The van der Waals surface area contributed by atoms with Crippen molar-refractivity contribution in [3.63, 3.8) is 0 Å². The van der Waals surface area contributed by atoms with Gasteiger partial charge in [-0.05, 0) is 23.8 Å². The van der Waals surface area contributed by atoms with Gasteiger partial charge in [0.1, 0.15) is 5.82 Å². The van der Waals surface area contributed by atoms with E-state index in [0.29, 0.717) is 12.1 Å². The number of hydrogen-bond acceptors (Lipinski definition) is 1. The van der Waals surface area contributed by atoms with E-state index in [-0.39, 0.29) is 18.4 Å². The first-order valence-corrected chi connectivity index (χ1v) is 8.12. The van der Waals surface area contributed by atoms with Crippen molar-refractivity contribution >= 4 is 11.7 Å². The summed E-state index contributed by atoms with van der Waals surface area (Å²) in [6.07, 6.45) is 0. The highest BCUT2D eigenvalue weighted by Crippen LogP contribution is 2.17. The second kappa shape index (κ2) is 8.11. The van der Waals surface area contributed by atoms with Gasteiger partial charge in [-0.1, -0.05) is 66.7 Å². The van der Waals surface area contributed by atoms with E-state index in [1.54, 1.807) is 23.1 Å². The van der Waals surface area contributed by atoms with Crippen LogP contribution in [0.2, 0.25) is 0 Å². The highest BCUT2D eigenvalue weighted by atomic mass is 19.1. The predicted octanol–water partition coefficient (Wildman–Crippen LogP) is 4.74. The Morgan fingerprint density at radius 3 is 2.12 bits per heavy atom. The fourth-order valence-electron chi connectivity index (χ4n) is 2.56. The predicted molar refractivity (Wildman–Crippen MR) is 97.7 cm³/mol.